The van der Waals surface area contributed by atoms with Gasteiger partial charge in [-0.2, -0.15) is 0 Å². The van der Waals surface area contributed by atoms with Gasteiger partial charge in [0.25, 0.3) is 0 Å². The van der Waals surface area contributed by atoms with E-state index in [0.717, 1.165) is 25.0 Å². The highest BCUT2D eigenvalue weighted by molar-refractivity contribution is 6.42. The van der Waals surface area contributed by atoms with Crippen LogP contribution in [0.2, 0.25) is 10.0 Å². The second kappa shape index (κ2) is 6.05. The molecule has 1 fully saturated rings. The fourth-order valence-corrected chi connectivity index (χ4v) is 2.46. The predicted molar refractivity (Wildman–Crippen MR) is 71.6 cm³/mol. The largest absolute Gasteiger partial charge is 0.378 e. The van der Waals surface area contributed by atoms with E-state index < -0.39 is 0 Å². The first-order chi connectivity index (χ1) is 8.16. The van der Waals surface area contributed by atoms with Crippen molar-refractivity contribution >= 4 is 23.2 Å². The third-order valence-corrected chi connectivity index (χ3v) is 3.90. The van der Waals surface area contributed by atoms with E-state index in [9.17, 15) is 0 Å². The highest BCUT2D eigenvalue weighted by atomic mass is 35.5. The Bertz CT molecular complexity index is 378. The number of rotatable bonds is 3. The van der Waals surface area contributed by atoms with Crippen LogP contribution in [0.1, 0.15) is 37.3 Å². The van der Waals surface area contributed by atoms with Crippen molar-refractivity contribution in [1.82, 2.24) is 0 Å². The Kier molecular flexibility index (Phi) is 4.69. The van der Waals surface area contributed by atoms with Crippen LogP contribution in [0.5, 0.6) is 0 Å². The van der Waals surface area contributed by atoms with Crippen LogP contribution in [0.25, 0.3) is 0 Å². The first kappa shape index (κ1) is 13.2. The Labute approximate surface area is 112 Å². The van der Waals surface area contributed by atoms with E-state index in [1.807, 2.05) is 12.1 Å². The lowest BCUT2D eigenvalue weighted by Gasteiger charge is -2.25. The minimum atomic E-state index is -0.0344. The summed E-state index contributed by atoms with van der Waals surface area (Å²) in [6.45, 7) is 0.860. The van der Waals surface area contributed by atoms with Gasteiger partial charge in [-0.15, -0.1) is 0 Å². The molecule has 2 unspecified atom stereocenters. The van der Waals surface area contributed by atoms with Gasteiger partial charge in [-0.3, -0.25) is 0 Å². The maximum atomic E-state index is 6.16. The van der Waals surface area contributed by atoms with Gasteiger partial charge in [0.2, 0.25) is 0 Å². The van der Waals surface area contributed by atoms with Crippen molar-refractivity contribution in [2.75, 3.05) is 6.61 Å². The number of hydrogen-bond acceptors (Lipinski definition) is 2. The Hall–Kier alpha value is -0.280. The fourth-order valence-electron chi connectivity index (χ4n) is 2.16. The quantitative estimate of drug-likeness (QED) is 0.905. The van der Waals surface area contributed by atoms with Crippen molar-refractivity contribution in [1.29, 1.82) is 0 Å². The molecule has 0 aromatic heterocycles. The molecule has 0 aliphatic carbocycles. The summed E-state index contributed by atoms with van der Waals surface area (Å²) in [5, 5.41) is 1.13. The van der Waals surface area contributed by atoms with Gasteiger partial charge >= 0.3 is 0 Å². The van der Waals surface area contributed by atoms with Gasteiger partial charge in [-0.05, 0) is 43.4 Å². The van der Waals surface area contributed by atoms with Crippen LogP contribution in [-0.4, -0.2) is 12.7 Å². The average molecular weight is 274 g/mol. The van der Waals surface area contributed by atoms with Crippen LogP contribution in [-0.2, 0) is 4.74 Å². The number of nitrogens with two attached hydrogens (primary N) is 1. The van der Waals surface area contributed by atoms with E-state index in [0.29, 0.717) is 10.0 Å². The van der Waals surface area contributed by atoms with Crippen LogP contribution in [0.15, 0.2) is 18.2 Å². The minimum absolute atomic E-state index is 0.0344. The third kappa shape index (κ3) is 3.59. The summed E-state index contributed by atoms with van der Waals surface area (Å²) in [7, 11) is 0. The van der Waals surface area contributed by atoms with Gasteiger partial charge < -0.3 is 10.5 Å². The molecule has 0 amide bonds. The summed E-state index contributed by atoms with van der Waals surface area (Å²) in [6, 6.07) is 5.53. The molecular formula is C13H17Cl2NO. The number of hydrogen-bond donors (Lipinski definition) is 1. The van der Waals surface area contributed by atoms with Gasteiger partial charge in [0.1, 0.15) is 0 Å². The summed E-state index contributed by atoms with van der Waals surface area (Å²) in [4.78, 5) is 0. The van der Waals surface area contributed by atoms with Crippen molar-refractivity contribution in [2.45, 2.75) is 37.8 Å². The molecule has 1 aromatic rings. The first-order valence-electron chi connectivity index (χ1n) is 5.99. The molecule has 2 nitrogen and oxygen atoms in total. The second-order valence-corrected chi connectivity index (χ2v) is 5.32. The number of halogens is 2. The van der Waals surface area contributed by atoms with E-state index in [1.165, 1.54) is 12.8 Å². The van der Waals surface area contributed by atoms with Crippen LogP contribution < -0.4 is 5.73 Å². The van der Waals surface area contributed by atoms with E-state index in [2.05, 4.69) is 0 Å². The van der Waals surface area contributed by atoms with Gasteiger partial charge in [0, 0.05) is 12.6 Å². The molecule has 1 heterocycles. The zero-order valence-electron chi connectivity index (χ0n) is 9.66. The average Bonchev–Trinajstić information content (AvgIpc) is 2.34. The molecule has 94 valence electrons. The van der Waals surface area contributed by atoms with Crippen LogP contribution >= 0.6 is 23.2 Å². The maximum absolute atomic E-state index is 6.16. The zero-order valence-corrected chi connectivity index (χ0v) is 11.2. The highest BCUT2D eigenvalue weighted by Crippen LogP contribution is 2.28. The molecule has 1 saturated heterocycles. The molecule has 0 spiro atoms. The van der Waals surface area contributed by atoms with E-state index >= 15 is 0 Å². The highest BCUT2D eigenvalue weighted by Gasteiger charge is 2.18. The first-order valence-corrected chi connectivity index (χ1v) is 6.74. The molecule has 0 saturated carbocycles. The van der Waals surface area contributed by atoms with E-state index in [4.69, 9.17) is 33.7 Å². The second-order valence-electron chi connectivity index (χ2n) is 4.50. The predicted octanol–water partition coefficient (Wildman–Crippen LogP) is 3.95. The number of ether oxygens (including phenoxy) is 1. The van der Waals surface area contributed by atoms with Gasteiger partial charge in [0.05, 0.1) is 16.1 Å². The Balaban J connectivity index is 1.98. The molecule has 2 atom stereocenters. The lowest BCUT2D eigenvalue weighted by atomic mass is 9.97. The Morgan fingerprint density at radius 3 is 2.76 bits per heavy atom. The Morgan fingerprint density at radius 2 is 2.12 bits per heavy atom. The fraction of sp³-hybridized carbons (Fsp3) is 0.538. The topological polar surface area (TPSA) is 35.2 Å². The van der Waals surface area contributed by atoms with Crippen molar-refractivity contribution < 1.29 is 4.74 Å². The molecule has 2 N–H and O–H groups in total. The standard InChI is InChI=1S/C13H17Cl2NO/c14-11-5-4-9(7-12(11)15)13(16)8-10-3-1-2-6-17-10/h4-5,7,10,13H,1-3,6,8,16H2. The summed E-state index contributed by atoms with van der Waals surface area (Å²) < 4.78 is 5.68. The normalized spacial score (nSPS) is 22.4. The van der Waals surface area contributed by atoms with Gasteiger partial charge in [0.15, 0.2) is 0 Å². The minimum Gasteiger partial charge on any atom is -0.378 e. The van der Waals surface area contributed by atoms with Crippen molar-refractivity contribution in [3.63, 3.8) is 0 Å². The summed E-state index contributed by atoms with van der Waals surface area (Å²) in [6.07, 6.45) is 4.64. The van der Waals surface area contributed by atoms with Crippen molar-refractivity contribution in [3.8, 4) is 0 Å². The molecule has 1 aromatic carbocycles. The van der Waals surface area contributed by atoms with Crippen LogP contribution in [0.4, 0.5) is 0 Å². The molecular weight excluding hydrogens is 257 g/mol. The van der Waals surface area contributed by atoms with Gasteiger partial charge in [-0.1, -0.05) is 29.3 Å². The Morgan fingerprint density at radius 1 is 1.29 bits per heavy atom. The molecule has 1 aliphatic rings. The summed E-state index contributed by atoms with van der Waals surface area (Å²) in [5.41, 5.74) is 7.18. The molecule has 0 bridgehead atoms. The molecule has 4 heteroatoms. The SMILES string of the molecule is NC(CC1CCCCO1)c1ccc(Cl)c(Cl)c1. The summed E-state index contributed by atoms with van der Waals surface area (Å²) in [5.74, 6) is 0. The summed E-state index contributed by atoms with van der Waals surface area (Å²) >= 11 is 11.9. The molecule has 17 heavy (non-hydrogen) atoms. The lowest BCUT2D eigenvalue weighted by Crippen LogP contribution is -2.24. The van der Waals surface area contributed by atoms with Crippen LogP contribution in [0.3, 0.4) is 0 Å². The van der Waals surface area contributed by atoms with Crippen LogP contribution in [0, 0.1) is 0 Å². The molecule has 1 aliphatic heterocycles. The van der Waals surface area contributed by atoms with E-state index in [1.54, 1.807) is 6.07 Å². The van der Waals surface area contributed by atoms with E-state index in [-0.39, 0.29) is 12.1 Å². The third-order valence-electron chi connectivity index (χ3n) is 3.16. The monoisotopic (exact) mass is 273 g/mol. The smallest absolute Gasteiger partial charge is 0.0595 e. The molecule has 2 rings (SSSR count). The van der Waals surface area contributed by atoms with Crippen molar-refractivity contribution in [2.24, 2.45) is 5.73 Å². The van der Waals surface area contributed by atoms with Crippen molar-refractivity contribution in [3.05, 3.63) is 33.8 Å². The lowest BCUT2D eigenvalue weighted by molar-refractivity contribution is 0.00729. The molecule has 0 radical (unpaired) electrons. The number of benzene rings is 1. The van der Waals surface area contributed by atoms with Gasteiger partial charge in [-0.25, -0.2) is 0 Å². The zero-order chi connectivity index (χ0) is 12.3. The maximum Gasteiger partial charge on any atom is 0.0595 e.